The zero-order valence-corrected chi connectivity index (χ0v) is 20.3. The monoisotopic (exact) mass is 482 g/mol. The number of hydrogen-bond donors (Lipinski definition) is 4. The van der Waals surface area contributed by atoms with Crippen molar-refractivity contribution in [3.8, 4) is 6.07 Å². The van der Waals surface area contributed by atoms with Gasteiger partial charge in [0.25, 0.3) is 0 Å². The molecule has 0 amide bonds. The van der Waals surface area contributed by atoms with Crippen molar-refractivity contribution in [1.82, 2.24) is 20.2 Å². The molecule has 0 radical (unpaired) electrons. The summed E-state index contributed by atoms with van der Waals surface area (Å²) in [7, 11) is 0. The summed E-state index contributed by atoms with van der Waals surface area (Å²) in [6.07, 6.45) is 7.16. The summed E-state index contributed by atoms with van der Waals surface area (Å²) < 4.78 is 0. The summed E-state index contributed by atoms with van der Waals surface area (Å²) in [5.41, 5.74) is 7.59. The summed E-state index contributed by atoms with van der Waals surface area (Å²) in [6, 6.07) is 4.02. The second-order valence-electron chi connectivity index (χ2n) is 9.86. The molecule has 2 aliphatic heterocycles. The molecule has 4 atom stereocenters. The van der Waals surface area contributed by atoms with Crippen molar-refractivity contribution in [2.45, 2.75) is 50.1 Å². The number of thioether (sulfide) groups is 1. The van der Waals surface area contributed by atoms with Gasteiger partial charge in [0.1, 0.15) is 17.8 Å². The van der Waals surface area contributed by atoms with Gasteiger partial charge in [-0.3, -0.25) is 5.41 Å². The molecule has 1 saturated carbocycles. The van der Waals surface area contributed by atoms with Crippen LogP contribution >= 0.6 is 11.8 Å². The fourth-order valence-electron chi connectivity index (χ4n) is 5.38. The normalized spacial score (nSPS) is 28.7. The molecule has 10 heteroatoms. The maximum atomic E-state index is 11.0. The summed E-state index contributed by atoms with van der Waals surface area (Å²) in [5, 5.41) is 31.9. The predicted molar refractivity (Wildman–Crippen MR) is 133 cm³/mol. The van der Waals surface area contributed by atoms with Crippen molar-refractivity contribution in [1.29, 1.82) is 10.7 Å². The highest BCUT2D eigenvalue weighted by Crippen LogP contribution is 2.49. The van der Waals surface area contributed by atoms with Crippen molar-refractivity contribution in [3.63, 3.8) is 0 Å². The van der Waals surface area contributed by atoms with Gasteiger partial charge in [0.2, 0.25) is 5.95 Å². The van der Waals surface area contributed by atoms with Gasteiger partial charge in [-0.1, -0.05) is 0 Å². The van der Waals surface area contributed by atoms with Gasteiger partial charge in [0.15, 0.2) is 0 Å². The third-order valence-electron chi connectivity index (χ3n) is 7.38. The lowest BCUT2D eigenvalue weighted by atomic mass is 9.79. The molecule has 34 heavy (non-hydrogen) atoms. The van der Waals surface area contributed by atoms with Crippen LogP contribution in [0.25, 0.3) is 0 Å². The van der Waals surface area contributed by atoms with Crippen molar-refractivity contribution in [2.75, 3.05) is 37.6 Å². The first-order valence-corrected chi connectivity index (χ1v) is 13.3. The lowest BCUT2D eigenvalue weighted by molar-refractivity contribution is 0.0986. The Morgan fingerprint density at radius 1 is 1.29 bits per heavy atom. The summed E-state index contributed by atoms with van der Waals surface area (Å²) in [5.74, 6) is 0.986. The number of anilines is 1. The van der Waals surface area contributed by atoms with Gasteiger partial charge in [-0.15, -0.1) is 11.8 Å². The van der Waals surface area contributed by atoms with E-state index in [2.05, 4.69) is 31.2 Å². The van der Waals surface area contributed by atoms with Crippen LogP contribution in [0.5, 0.6) is 0 Å². The van der Waals surface area contributed by atoms with Crippen LogP contribution in [0.15, 0.2) is 22.7 Å². The SMILES string of the molecule is N#CC1C2=C(CCCC2C(O)NC(=N)c2ccnc(N3CCCN(CC4CC4)CC3)n2)SC1N. The molecule has 182 valence electrons. The molecule has 2 aliphatic carbocycles. The average molecular weight is 483 g/mol. The van der Waals surface area contributed by atoms with Crippen molar-refractivity contribution in [2.24, 2.45) is 23.5 Å². The summed E-state index contributed by atoms with van der Waals surface area (Å²) in [4.78, 5) is 15.0. The van der Waals surface area contributed by atoms with E-state index in [1.54, 1.807) is 24.0 Å². The van der Waals surface area contributed by atoms with Crippen molar-refractivity contribution < 1.29 is 5.11 Å². The molecule has 5 N–H and O–H groups in total. The van der Waals surface area contributed by atoms with Crippen LogP contribution in [-0.4, -0.2) is 70.1 Å². The Labute approximate surface area is 205 Å². The Balaban J connectivity index is 1.23. The summed E-state index contributed by atoms with van der Waals surface area (Å²) in [6.45, 7) is 5.11. The molecule has 5 rings (SSSR count). The number of nitrogens with zero attached hydrogens (tertiary/aromatic N) is 5. The number of nitrogens with one attached hydrogen (secondary N) is 2. The second kappa shape index (κ2) is 10.2. The number of nitrogens with two attached hydrogens (primary N) is 1. The van der Waals surface area contributed by atoms with Gasteiger partial charge in [0, 0.05) is 38.3 Å². The first-order valence-electron chi connectivity index (χ1n) is 12.4. The first-order chi connectivity index (χ1) is 16.5. The molecule has 0 aromatic carbocycles. The van der Waals surface area contributed by atoms with Crippen LogP contribution in [0, 0.1) is 34.5 Å². The predicted octanol–water partition coefficient (Wildman–Crippen LogP) is 1.86. The Bertz CT molecular complexity index is 989. The van der Waals surface area contributed by atoms with E-state index < -0.39 is 6.23 Å². The number of amidine groups is 1. The molecule has 2 fully saturated rings. The van der Waals surface area contributed by atoms with E-state index in [0.29, 0.717) is 11.6 Å². The summed E-state index contributed by atoms with van der Waals surface area (Å²) >= 11 is 1.56. The van der Waals surface area contributed by atoms with Gasteiger partial charge in [-0.05, 0) is 67.5 Å². The number of aliphatic hydroxyl groups is 1. The number of nitriles is 1. The van der Waals surface area contributed by atoms with Crippen LogP contribution in [0.3, 0.4) is 0 Å². The molecular formula is C24H34N8OS. The van der Waals surface area contributed by atoms with E-state index in [4.69, 9.17) is 11.1 Å². The Morgan fingerprint density at radius 2 is 2.15 bits per heavy atom. The van der Waals surface area contributed by atoms with Gasteiger partial charge in [-0.25, -0.2) is 9.97 Å². The Kier molecular flexibility index (Phi) is 7.06. The highest BCUT2D eigenvalue weighted by atomic mass is 32.2. The zero-order chi connectivity index (χ0) is 23.7. The molecule has 1 saturated heterocycles. The topological polar surface area (TPSA) is 138 Å². The molecular weight excluding hydrogens is 448 g/mol. The third-order valence-corrected chi connectivity index (χ3v) is 8.65. The number of allylic oxidation sites excluding steroid dienone is 1. The third kappa shape index (κ3) is 5.08. The fraction of sp³-hybridized carbons (Fsp3) is 0.667. The number of aromatic nitrogens is 2. The molecule has 9 nitrogen and oxygen atoms in total. The van der Waals surface area contributed by atoms with Gasteiger partial charge in [0.05, 0.1) is 17.4 Å². The van der Waals surface area contributed by atoms with Crippen LogP contribution in [0.4, 0.5) is 5.95 Å². The minimum absolute atomic E-state index is 0.0671. The first kappa shape index (κ1) is 23.5. The van der Waals surface area contributed by atoms with Gasteiger partial charge < -0.3 is 26.0 Å². The lowest BCUT2D eigenvalue weighted by Crippen LogP contribution is -2.43. The maximum Gasteiger partial charge on any atom is 0.226 e. The molecule has 1 aromatic rings. The number of rotatable bonds is 6. The van der Waals surface area contributed by atoms with E-state index >= 15 is 0 Å². The van der Waals surface area contributed by atoms with E-state index in [9.17, 15) is 10.4 Å². The molecule has 3 heterocycles. The molecule has 4 aliphatic rings. The number of hydrogen-bond acceptors (Lipinski definition) is 9. The molecule has 4 unspecified atom stereocenters. The van der Waals surface area contributed by atoms with Crippen LogP contribution < -0.4 is 16.0 Å². The minimum Gasteiger partial charge on any atom is -0.373 e. The zero-order valence-electron chi connectivity index (χ0n) is 19.5. The van der Waals surface area contributed by atoms with Crippen molar-refractivity contribution >= 4 is 23.5 Å². The van der Waals surface area contributed by atoms with E-state index in [1.807, 2.05) is 0 Å². The van der Waals surface area contributed by atoms with E-state index in [0.717, 1.165) is 68.3 Å². The molecule has 0 spiro atoms. The van der Waals surface area contributed by atoms with Gasteiger partial charge >= 0.3 is 0 Å². The van der Waals surface area contributed by atoms with E-state index in [1.165, 1.54) is 19.4 Å². The van der Waals surface area contributed by atoms with E-state index in [-0.39, 0.29) is 23.0 Å². The van der Waals surface area contributed by atoms with Crippen LogP contribution in [0.2, 0.25) is 0 Å². The minimum atomic E-state index is -0.966. The highest BCUT2D eigenvalue weighted by Gasteiger charge is 2.42. The fourth-order valence-corrected chi connectivity index (χ4v) is 6.73. The molecule has 0 bridgehead atoms. The average Bonchev–Trinajstić information content (AvgIpc) is 3.63. The smallest absolute Gasteiger partial charge is 0.226 e. The van der Waals surface area contributed by atoms with Crippen LogP contribution in [-0.2, 0) is 0 Å². The van der Waals surface area contributed by atoms with Crippen LogP contribution in [0.1, 0.15) is 44.2 Å². The lowest BCUT2D eigenvalue weighted by Gasteiger charge is -2.31. The largest absolute Gasteiger partial charge is 0.373 e. The Morgan fingerprint density at radius 3 is 2.94 bits per heavy atom. The quantitative estimate of drug-likeness (QED) is 0.272. The molecule has 1 aromatic heterocycles. The van der Waals surface area contributed by atoms with Crippen molar-refractivity contribution in [3.05, 3.63) is 28.4 Å². The maximum absolute atomic E-state index is 11.0. The van der Waals surface area contributed by atoms with Gasteiger partial charge in [-0.2, -0.15) is 5.26 Å². The number of aliphatic hydroxyl groups excluding tert-OH is 1. The standard InChI is InChI=1S/C24H34N8OS/c25-13-17-20-16(3-1-4-19(20)34-22(17)27)23(33)30-21(26)18-7-8-28-24(29-18)32-10-2-9-31(11-12-32)14-15-5-6-15/h7-8,15-17,22-23,33H,1-6,9-12,14,27H2,(H2,26,30). The Hall–Kier alpha value is -2.19. The second-order valence-corrected chi connectivity index (χ2v) is 11.1. The highest BCUT2D eigenvalue weighted by molar-refractivity contribution is 8.03.